The number of methoxy groups -OCH3 is 1. The Hall–Kier alpha value is -2.45. The Morgan fingerprint density at radius 1 is 1.20 bits per heavy atom. The second-order valence-corrected chi connectivity index (χ2v) is 7.72. The molecule has 4 rings (SSSR count). The molecule has 2 aromatic rings. The van der Waals surface area contributed by atoms with Crippen molar-refractivity contribution >= 4 is 24.1 Å². The molecule has 3 heterocycles. The lowest BCUT2D eigenvalue weighted by molar-refractivity contribution is -0.131. The van der Waals surface area contributed by atoms with Crippen LogP contribution >= 0.6 is 12.4 Å². The highest BCUT2D eigenvalue weighted by molar-refractivity contribution is 5.94. The van der Waals surface area contributed by atoms with Gasteiger partial charge in [-0.3, -0.25) is 9.59 Å². The second kappa shape index (κ2) is 9.57. The monoisotopic (exact) mass is 433 g/mol. The van der Waals surface area contributed by atoms with Crippen LogP contribution in [0.1, 0.15) is 53.3 Å². The number of nitrogens with one attached hydrogen (secondary N) is 1. The normalized spacial score (nSPS) is 16.5. The molecule has 0 saturated carbocycles. The minimum atomic E-state index is -0.0194. The standard InChI is InChI=1S/C21H27N5O3.ClH/c1-14(27)16-3-4-18(29-2)17(11-16)12-20(28)25-8-5-15(6-9-25)21-24-23-19-13-22-7-10-26(19)21;/h3-4,11,15,22H,5-10,12-13H2,1-2H3;1H. The van der Waals surface area contributed by atoms with Gasteiger partial charge in [0.25, 0.3) is 0 Å². The first-order valence-electron chi connectivity index (χ1n) is 10.1. The largest absolute Gasteiger partial charge is 0.496 e. The zero-order valence-electron chi connectivity index (χ0n) is 17.4. The number of ketones is 1. The molecule has 2 aliphatic rings. The van der Waals surface area contributed by atoms with Crippen LogP contribution in [0.5, 0.6) is 5.75 Å². The van der Waals surface area contributed by atoms with Gasteiger partial charge in [0.2, 0.25) is 5.91 Å². The van der Waals surface area contributed by atoms with Crippen LogP contribution in [0.3, 0.4) is 0 Å². The van der Waals surface area contributed by atoms with Crippen LogP contribution in [0.25, 0.3) is 0 Å². The number of Topliss-reactive ketones (excluding diaryl/α,β-unsaturated/α-hetero) is 1. The van der Waals surface area contributed by atoms with Crippen molar-refractivity contribution in [1.82, 2.24) is 25.0 Å². The predicted molar refractivity (Wildman–Crippen MR) is 114 cm³/mol. The van der Waals surface area contributed by atoms with Gasteiger partial charge in [-0.05, 0) is 38.0 Å². The highest BCUT2D eigenvalue weighted by Crippen LogP contribution is 2.29. The van der Waals surface area contributed by atoms with Gasteiger partial charge < -0.3 is 19.5 Å². The van der Waals surface area contributed by atoms with E-state index in [-0.39, 0.29) is 30.5 Å². The summed E-state index contributed by atoms with van der Waals surface area (Å²) in [6.45, 7) is 5.56. The molecule has 0 bridgehead atoms. The molecule has 30 heavy (non-hydrogen) atoms. The Morgan fingerprint density at radius 2 is 1.97 bits per heavy atom. The molecule has 8 nitrogen and oxygen atoms in total. The number of piperidine rings is 1. The molecule has 0 spiro atoms. The number of ether oxygens (including phenoxy) is 1. The molecule has 0 unspecified atom stereocenters. The van der Waals surface area contributed by atoms with Crippen molar-refractivity contribution in [3.05, 3.63) is 41.0 Å². The SMILES string of the molecule is COc1ccc(C(C)=O)cc1CC(=O)N1CCC(c2nnc3n2CCNC3)CC1.Cl. The van der Waals surface area contributed by atoms with E-state index in [0.717, 1.165) is 49.7 Å². The lowest BCUT2D eigenvalue weighted by Gasteiger charge is -2.32. The van der Waals surface area contributed by atoms with Gasteiger partial charge in [0, 0.05) is 43.2 Å². The van der Waals surface area contributed by atoms with Crippen molar-refractivity contribution in [2.45, 2.75) is 45.2 Å². The van der Waals surface area contributed by atoms with E-state index in [4.69, 9.17) is 4.74 Å². The average Bonchev–Trinajstić information content (AvgIpc) is 3.18. The number of carbonyl (C=O) groups excluding carboxylic acids is 2. The maximum absolute atomic E-state index is 12.9. The molecule has 1 aromatic heterocycles. The third-order valence-electron chi connectivity index (χ3n) is 5.89. The lowest BCUT2D eigenvalue weighted by Crippen LogP contribution is -2.39. The molecule has 0 atom stereocenters. The van der Waals surface area contributed by atoms with Gasteiger partial charge >= 0.3 is 0 Å². The van der Waals surface area contributed by atoms with E-state index < -0.39 is 0 Å². The number of aromatic nitrogens is 3. The van der Waals surface area contributed by atoms with Crippen LogP contribution in [-0.2, 0) is 24.3 Å². The summed E-state index contributed by atoms with van der Waals surface area (Å²) in [6.07, 6.45) is 2.02. The number of amides is 1. The maximum atomic E-state index is 12.9. The van der Waals surface area contributed by atoms with Crippen molar-refractivity contribution in [1.29, 1.82) is 0 Å². The fourth-order valence-electron chi connectivity index (χ4n) is 4.21. The highest BCUT2D eigenvalue weighted by Gasteiger charge is 2.29. The Balaban J connectivity index is 0.00000256. The number of carbonyl (C=O) groups is 2. The highest BCUT2D eigenvalue weighted by atomic mass is 35.5. The summed E-state index contributed by atoms with van der Waals surface area (Å²) in [7, 11) is 1.58. The summed E-state index contributed by atoms with van der Waals surface area (Å²) < 4.78 is 7.61. The van der Waals surface area contributed by atoms with Crippen LogP contribution < -0.4 is 10.1 Å². The van der Waals surface area contributed by atoms with Crippen LogP contribution in [0, 0.1) is 0 Å². The van der Waals surface area contributed by atoms with Gasteiger partial charge in [0.15, 0.2) is 5.78 Å². The van der Waals surface area contributed by atoms with E-state index in [0.29, 0.717) is 30.3 Å². The van der Waals surface area contributed by atoms with Crippen molar-refractivity contribution < 1.29 is 14.3 Å². The third kappa shape index (κ3) is 4.49. The number of rotatable bonds is 5. The maximum Gasteiger partial charge on any atom is 0.227 e. The van der Waals surface area contributed by atoms with Crippen LogP contribution in [-0.4, -0.2) is 58.1 Å². The number of benzene rings is 1. The zero-order valence-corrected chi connectivity index (χ0v) is 18.2. The van der Waals surface area contributed by atoms with E-state index in [2.05, 4.69) is 20.1 Å². The Morgan fingerprint density at radius 3 is 2.67 bits per heavy atom. The van der Waals surface area contributed by atoms with Gasteiger partial charge in [-0.15, -0.1) is 22.6 Å². The first kappa shape index (κ1) is 22.2. The molecule has 1 saturated heterocycles. The number of halogens is 1. The van der Waals surface area contributed by atoms with Crippen molar-refractivity contribution in [2.75, 3.05) is 26.7 Å². The van der Waals surface area contributed by atoms with Crippen LogP contribution in [0.4, 0.5) is 0 Å². The van der Waals surface area contributed by atoms with Gasteiger partial charge in [0.1, 0.15) is 17.4 Å². The first-order valence-corrected chi connectivity index (χ1v) is 10.1. The smallest absolute Gasteiger partial charge is 0.227 e. The summed E-state index contributed by atoms with van der Waals surface area (Å²) >= 11 is 0. The Kier molecular flexibility index (Phi) is 7.10. The molecule has 1 fully saturated rings. The molecule has 1 aromatic carbocycles. The molecule has 0 aliphatic carbocycles. The third-order valence-corrected chi connectivity index (χ3v) is 5.89. The van der Waals surface area contributed by atoms with Crippen LogP contribution in [0.15, 0.2) is 18.2 Å². The zero-order chi connectivity index (χ0) is 20.4. The first-order chi connectivity index (χ1) is 14.1. The van der Waals surface area contributed by atoms with E-state index >= 15 is 0 Å². The second-order valence-electron chi connectivity index (χ2n) is 7.72. The molecule has 9 heteroatoms. The fraction of sp³-hybridized carbons (Fsp3) is 0.524. The number of hydrogen-bond donors (Lipinski definition) is 1. The Bertz CT molecular complexity index is 921. The number of hydrogen-bond acceptors (Lipinski definition) is 6. The molecule has 2 aliphatic heterocycles. The van der Waals surface area contributed by atoms with Gasteiger partial charge in [-0.2, -0.15) is 0 Å². The summed E-state index contributed by atoms with van der Waals surface area (Å²) in [5.41, 5.74) is 1.35. The average molecular weight is 434 g/mol. The lowest BCUT2D eigenvalue weighted by atomic mass is 9.95. The topological polar surface area (TPSA) is 89.4 Å². The number of likely N-dealkylation sites (tertiary alicyclic amines) is 1. The molecule has 0 radical (unpaired) electrons. The molecular weight excluding hydrogens is 406 g/mol. The minimum Gasteiger partial charge on any atom is -0.496 e. The molecule has 1 amide bonds. The summed E-state index contributed by atoms with van der Waals surface area (Å²) in [6, 6.07) is 5.26. The molecule has 1 N–H and O–H groups in total. The summed E-state index contributed by atoms with van der Waals surface area (Å²) in [5, 5.41) is 12.1. The number of fused-ring (bicyclic) bond motifs is 1. The van der Waals surface area contributed by atoms with Crippen molar-refractivity contribution in [2.24, 2.45) is 0 Å². The van der Waals surface area contributed by atoms with E-state index in [1.807, 2.05) is 4.90 Å². The Labute approximate surface area is 182 Å². The molecule has 162 valence electrons. The summed E-state index contributed by atoms with van der Waals surface area (Å²) in [4.78, 5) is 26.5. The quantitative estimate of drug-likeness (QED) is 0.725. The number of nitrogens with zero attached hydrogens (tertiary/aromatic N) is 4. The van der Waals surface area contributed by atoms with E-state index in [9.17, 15) is 9.59 Å². The van der Waals surface area contributed by atoms with Gasteiger partial charge in [0.05, 0.1) is 20.1 Å². The van der Waals surface area contributed by atoms with Crippen molar-refractivity contribution in [3.63, 3.8) is 0 Å². The molecular formula is C21H28ClN5O3. The van der Waals surface area contributed by atoms with Crippen LogP contribution in [0.2, 0.25) is 0 Å². The van der Waals surface area contributed by atoms with E-state index in [1.54, 1.807) is 25.3 Å². The van der Waals surface area contributed by atoms with Gasteiger partial charge in [-0.25, -0.2) is 0 Å². The fourth-order valence-corrected chi connectivity index (χ4v) is 4.21. The van der Waals surface area contributed by atoms with E-state index in [1.165, 1.54) is 6.92 Å². The minimum absolute atomic E-state index is 0. The van der Waals surface area contributed by atoms with Gasteiger partial charge in [-0.1, -0.05) is 0 Å². The van der Waals surface area contributed by atoms with Crippen molar-refractivity contribution in [3.8, 4) is 5.75 Å². The predicted octanol–water partition coefficient (Wildman–Crippen LogP) is 1.96. The summed E-state index contributed by atoms with van der Waals surface area (Å²) in [5.74, 6) is 3.09.